The van der Waals surface area contributed by atoms with E-state index in [1.165, 1.54) is 42.4 Å². The van der Waals surface area contributed by atoms with Crippen molar-refractivity contribution in [2.45, 2.75) is 51.1 Å². The molecule has 2 fully saturated rings. The molecule has 3 aliphatic rings. The first-order chi connectivity index (χ1) is 13.9. The highest BCUT2D eigenvalue weighted by atomic mass is 32.2. The number of nitrogens with one attached hydrogen (secondary N) is 1. The van der Waals surface area contributed by atoms with Crippen molar-refractivity contribution >= 4 is 15.7 Å². The molecule has 2 aliphatic heterocycles. The van der Waals surface area contributed by atoms with Gasteiger partial charge in [0.2, 0.25) is 5.91 Å². The van der Waals surface area contributed by atoms with Gasteiger partial charge in [-0.2, -0.15) is 0 Å². The zero-order valence-corrected chi connectivity index (χ0v) is 18.2. The number of rotatable bonds is 5. The van der Waals surface area contributed by atoms with Gasteiger partial charge < -0.3 is 10.2 Å². The van der Waals surface area contributed by atoms with E-state index in [1.54, 1.807) is 0 Å². The number of sulfone groups is 1. The lowest BCUT2D eigenvalue weighted by Crippen LogP contribution is -2.53. The topological polar surface area (TPSA) is 69.7 Å². The van der Waals surface area contributed by atoms with Crippen molar-refractivity contribution in [1.29, 1.82) is 0 Å². The maximum atomic E-state index is 12.6. The Morgan fingerprint density at radius 3 is 2.55 bits per heavy atom. The second-order valence-electron chi connectivity index (χ2n) is 8.81. The first kappa shape index (κ1) is 20.8. The Morgan fingerprint density at radius 2 is 1.86 bits per heavy atom. The molecular formula is C22H33N3O3S. The third kappa shape index (κ3) is 5.01. The van der Waals surface area contributed by atoms with Crippen LogP contribution >= 0.6 is 0 Å². The van der Waals surface area contributed by atoms with Crippen molar-refractivity contribution in [2.24, 2.45) is 0 Å². The molecule has 0 aromatic heterocycles. The van der Waals surface area contributed by atoms with E-state index in [-0.39, 0.29) is 23.7 Å². The summed E-state index contributed by atoms with van der Waals surface area (Å²) in [4.78, 5) is 16.8. The number of aryl methyl sites for hydroxylation is 2. The molecule has 160 valence electrons. The Kier molecular flexibility index (Phi) is 6.27. The van der Waals surface area contributed by atoms with Gasteiger partial charge in [0.1, 0.15) is 0 Å². The number of carbonyl (C=O) groups excluding carboxylic acids is 1. The zero-order valence-electron chi connectivity index (χ0n) is 17.4. The van der Waals surface area contributed by atoms with Crippen LogP contribution in [0.3, 0.4) is 0 Å². The van der Waals surface area contributed by atoms with Crippen molar-refractivity contribution in [1.82, 2.24) is 15.1 Å². The summed E-state index contributed by atoms with van der Waals surface area (Å²) >= 11 is 0. The lowest BCUT2D eigenvalue weighted by atomic mass is 9.89. The van der Waals surface area contributed by atoms with E-state index < -0.39 is 9.84 Å². The predicted molar refractivity (Wildman–Crippen MR) is 115 cm³/mol. The molecule has 1 aromatic rings. The molecule has 1 aromatic carbocycles. The number of fused-ring (bicyclic) bond motifs is 1. The third-order valence-electron chi connectivity index (χ3n) is 6.82. The molecular weight excluding hydrogens is 386 g/mol. The summed E-state index contributed by atoms with van der Waals surface area (Å²) in [5, 5.41) is 3.40. The highest BCUT2D eigenvalue weighted by Gasteiger charge is 2.34. The van der Waals surface area contributed by atoms with E-state index in [1.807, 2.05) is 4.90 Å². The van der Waals surface area contributed by atoms with E-state index in [2.05, 4.69) is 35.3 Å². The Labute approximate surface area is 174 Å². The van der Waals surface area contributed by atoms with Crippen LogP contribution < -0.4 is 5.32 Å². The van der Waals surface area contributed by atoms with Crippen LogP contribution in [0.4, 0.5) is 0 Å². The van der Waals surface area contributed by atoms with Gasteiger partial charge in [0, 0.05) is 38.3 Å². The molecule has 2 saturated heterocycles. The van der Waals surface area contributed by atoms with Gasteiger partial charge in [-0.05, 0) is 55.7 Å². The second-order valence-corrected chi connectivity index (χ2v) is 11.0. The third-order valence-corrected chi connectivity index (χ3v) is 8.57. The quantitative estimate of drug-likeness (QED) is 0.784. The summed E-state index contributed by atoms with van der Waals surface area (Å²) in [6.45, 7) is 5.37. The van der Waals surface area contributed by atoms with E-state index in [0.29, 0.717) is 25.4 Å². The summed E-state index contributed by atoms with van der Waals surface area (Å²) < 4.78 is 23.4. The van der Waals surface area contributed by atoms with Crippen LogP contribution in [-0.4, -0.2) is 74.4 Å². The first-order valence-electron chi connectivity index (χ1n) is 11.0. The second kappa shape index (κ2) is 8.74. The van der Waals surface area contributed by atoms with Crippen LogP contribution in [0, 0.1) is 0 Å². The fourth-order valence-corrected chi connectivity index (χ4v) is 6.65. The van der Waals surface area contributed by atoms with Crippen molar-refractivity contribution in [3.63, 3.8) is 0 Å². The molecule has 7 heteroatoms. The van der Waals surface area contributed by atoms with Gasteiger partial charge in [0.05, 0.1) is 18.1 Å². The monoisotopic (exact) mass is 419 g/mol. The average molecular weight is 420 g/mol. The summed E-state index contributed by atoms with van der Waals surface area (Å²) in [5.74, 6) is 0.718. The van der Waals surface area contributed by atoms with Gasteiger partial charge >= 0.3 is 0 Å². The molecule has 2 heterocycles. The molecule has 1 N–H and O–H groups in total. The van der Waals surface area contributed by atoms with Gasteiger partial charge in [-0.15, -0.1) is 0 Å². The number of carbonyl (C=O) groups is 1. The molecule has 0 bridgehead atoms. The van der Waals surface area contributed by atoms with Crippen LogP contribution in [0.1, 0.15) is 48.9 Å². The molecule has 1 amide bonds. The summed E-state index contributed by atoms with van der Waals surface area (Å²) in [7, 11) is -2.86. The van der Waals surface area contributed by atoms with Crippen molar-refractivity contribution < 1.29 is 13.2 Å². The molecule has 0 radical (unpaired) electrons. The Balaban J connectivity index is 1.24. The van der Waals surface area contributed by atoms with E-state index in [4.69, 9.17) is 0 Å². The predicted octanol–water partition coefficient (Wildman–Crippen LogP) is 1.55. The van der Waals surface area contributed by atoms with Crippen molar-refractivity contribution in [3.05, 3.63) is 34.9 Å². The smallest absolute Gasteiger partial charge is 0.236 e. The van der Waals surface area contributed by atoms with Crippen LogP contribution in [0.2, 0.25) is 0 Å². The van der Waals surface area contributed by atoms with Crippen LogP contribution in [0.25, 0.3) is 0 Å². The van der Waals surface area contributed by atoms with Crippen molar-refractivity contribution in [2.75, 3.05) is 44.2 Å². The zero-order chi connectivity index (χ0) is 20.4. The lowest BCUT2D eigenvalue weighted by Gasteiger charge is -2.37. The minimum Gasteiger partial charge on any atom is -0.339 e. The van der Waals surface area contributed by atoms with Gasteiger partial charge in [0.25, 0.3) is 0 Å². The molecule has 0 spiro atoms. The fourth-order valence-electron chi connectivity index (χ4n) is 4.89. The number of piperazine rings is 1. The standard InChI is InChI=1S/C22H33N3O3S/c1-17(19-7-6-18-4-2-3-5-20(18)14-19)23-15-22(26)25-11-9-24(10-12-25)21-8-13-29(27,28)16-21/h6-7,14,17,21,23H,2-5,8-13,15-16H2,1H3/t17-,21-/m1/s1. The maximum Gasteiger partial charge on any atom is 0.236 e. The van der Waals surface area contributed by atoms with E-state index >= 15 is 0 Å². The summed E-state index contributed by atoms with van der Waals surface area (Å²) in [6, 6.07) is 7.05. The maximum absolute atomic E-state index is 12.6. The first-order valence-corrected chi connectivity index (χ1v) is 12.8. The van der Waals surface area contributed by atoms with E-state index in [0.717, 1.165) is 19.5 Å². The molecule has 0 unspecified atom stereocenters. The molecule has 1 aliphatic carbocycles. The minimum atomic E-state index is -2.86. The highest BCUT2D eigenvalue weighted by molar-refractivity contribution is 7.91. The summed E-state index contributed by atoms with van der Waals surface area (Å²) in [6.07, 6.45) is 5.65. The van der Waals surface area contributed by atoms with E-state index in [9.17, 15) is 13.2 Å². The number of nitrogens with zero attached hydrogens (tertiary/aromatic N) is 2. The van der Waals surface area contributed by atoms with Crippen LogP contribution in [0.15, 0.2) is 18.2 Å². The number of hydrogen-bond acceptors (Lipinski definition) is 5. The Bertz CT molecular complexity index is 847. The minimum absolute atomic E-state index is 0.133. The summed E-state index contributed by atoms with van der Waals surface area (Å²) in [5.41, 5.74) is 4.21. The van der Waals surface area contributed by atoms with Gasteiger partial charge in [-0.1, -0.05) is 18.2 Å². The lowest BCUT2D eigenvalue weighted by molar-refractivity contribution is -0.132. The highest BCUT2D eigenvalue weighted by Crippen LogP contribution is 2.25. The number of hydrogen-bond donors (Lipinski definition) is 1. The van der Waals surface area contributed by atoms with Gasteiger partial charge in [0.15, 0.2) is 9.84 Å². The van der Waals surface area contributed by atoms with Crippen molar-refractivity contribution in [3.8, 4) is 0 Å². The molecule has 0 saturated carbocycles. The molecule has 29 heavy (non-hydrogen) atoms. The normalized spacial score (nSPS) is 25.6. The Morgan fingerprint density at radius 1 is 1.14 bits per heavy atom. The molecule has 4 rings (SSSR count). The number of benzene rings is 1. The Hall–Kier alpha value is -1.44. The number of amides is 1. The molecule has 2 atom stereocenters. The average Bonchev–Trinajstić information content (AvgIpc) is 3.11. The molecule has 6 nitrogen and oxygen atoms in total. The SMILES string of the molecule is C[C@@H](NCC(=O)N1CCN([C@@H]2CCS(=O)(=O)C2)CC1)c1ccc2c(c1)CCCC2. The van der Waals surface area contributed by atoms with Crippen LogP contribution in [0.5, 0.6) is 0 Å². The largest absolute Gasteiger partial charge is 0.339 e. The van der Waals surface area contributed by atoms with Crippen LogP contribution in [-0.2, 0) is 27.5 Å². The fraction of sp³-hybridized carbons (Fsp3) is 0.682. The van der Waals surface area contributed by atoms with Gasteiger partial charge in [-0.25, -0.2) is 8.42 Å². The van der Waals surface area contributed by atoms with Gasteiger partial charge in [-0.3, -0.25) is 9.69 Å².